The highest BCUT2D eigenvalue weighted by molar-refractivity contribution is 5.92. The number of nitrogens with zero attached hydrogens (tertiary/aromatic N) is 5. The van der Waals surface area contributed by atoms with Gasteiger partial charge >= 0.3 is 0 Å². The van der Waals surface area contributed by atoms with Crippen LogP contribution in [0.1, 0.15) is 35.3 Å². The standard InChI is InChI=1S/C21H26FN5O3/c22-17-10-18(12-26-13-19(23-24-26)21(29)25-8-4-5-9-25)27(11-17)20(28)15-30-14-16-6-2-1-3-7-16/h1-3,6-7,13,17-18H,4-5,8-12,14-15H2/t17-,18-/m0/s1. The van der Waals surface area contributed by atoms with Gasteiger partial charge in [-0.1, -0.05) is 35.5 Å². The van der Waals surface area contributed by atoms with Crippen molar-refractivity contribution < 1.29 is 18.7 Å². The lowest BCUT2D eigenvalue weighted by atomic mass is 10.2. The quantitative estimate of drug-likeness (QED) is 0.687. The summed E-state index contributed by atoms with van der Waals surface area (Å²) in [6, 6.07) is 9.24. The van der Waals surface area contributed by atoms with Crippen LogP contribution in [-0.2, 0) is 22.7 Å². The minimum absolute atomic E-state index is 0.0481. The van der Waals surface area contributed by atoms with Crippen LogP contribution in [0.5, 0.6) is 0 Å². The van der Waals surface area contributed by atoms with Crippen LogP contribution in [0.2, 0.25) is 0 Å². The molecule has 9 heteroatoms. The van der Waals surface area contributed by atoms with Crippen LogP contribution in [0.15, 0.2) is 36.5 Å². The van der Waals surface area contributed by atoms with Crippen LogP contribution in [0.3, 0.4) is 0 Å². The first-order valence-corrected chi connectivity index (χ1v) is 10.3. The number of ether oxygens (including phenoxy) is 1. The highest BCUT2D eigenvalue weighted by atomic mass is 19.1. The first kappa shape index (κ1) is 20.5. The molecule has 2 amide bonds. The molecule has 2 fully saturated rings. The normalized spacial score (nSPS) is 21.4. The van der Waals surface area contributed by atoms with Gasteiger partial charge in [-0.05, 0) is 18.4 Å². The molecule has 2 aliphatic heterocycles. The highest BCUT2D eigenvalue weighted by Crippen LogP contribution is 2.22. The maximum atomic E-state index is 14.1. The number of likely N-dealkylation sites (tertiary alicyclic amines) is 2. The van der Waals surface area contributed by atoms with E-state index in [9.17, 15) is 14.0 Å². The van der Waals surface area contributed by atoms with Crippen LogP contribution < -0.4 is 0 Å². The number of amides is 2. The van der Waals surface area contributed by atoms with Crippen LogP contribution in [0, 0.1) is 0 Å². The maximum Gasteiger partial charge on any atom is 0.276 e. The number of hydrogen-bond donors (Lipinski definition) is 0. The number of aromatic nitrogens is 3. The predicted molar refractivity (Wildman–Crippen MR) is 106 cm³/mol. The van der Waals surface area contributed by atoms with E-state index in [4.69, 9.17) is 4.74 Å². The third-order valence-corrected chi connectivity index (χ3v) is 5.57. The van der Waals surface area contributed by atoms with Crippen molar-refractivity contribution in [2.75, 3.05) is 26.2 Å². The second-order valence-corrected chi connectivity index (χ2v) is 7.84. The van der Waals surface area contributed by atoms with E-state index < -0.39 is 6.17 Å². The van der Waals surface area contributed by atoms with E-state index in [2.05, 4.69) is 10.3 Å². The van der Waals surface area contributed by atoms with Crippen molar-refractivity contribution >= 4 is 11.8 Å². The molecule has 0 aliphatic carbocycles. The van der Waals surface area contributed by atoms with Gasteiger partial charge in [0.05, 0.1) is 31.9 Å². The number of carbonyl (C=O) groups is 2. The Bertz CT molecular complexity index is 869. The molecule has 0 unspecified atom stereocenters. The van der Waals surface area contributed by atoms with E-state index in [-0.39, 0.29) is 43.1 Å². The van der Waals surface area contributed by atoms with E-state index in [1.807, 2.05) is 30.3 Å². The Morgan fingerprint density at radius 1 is 1.17 bits per heavy atom. The number of benzene rings is 1. The molecule has 2 atom stereocenters. The molecule has 1 aromatic heterocycles. The van der Waals surface area contributed by atoms with Gasteiger partial charge in [-0.25, -0.2) is 9.07 Å². The SMILES string of the molecule is O=C(c1cn(C[C@@H]2C[C@H](F)CN2C(=O)COCc2ccccc2)nn1)N1CCCC1. The Morgan fingerprint density at radius 3 is 2.70 bits per heavy atom. The molecule has 2 saturated heterocycles. The van der Waals surface area contributed by atoms with Gasteiger partial charge in [-0.2, -0.15) is 0 Å². The number of rotatable bonds is 7. The summed E-state index contributed by atoms with van der Waals surface area (Å²) >= 11 is 0. The number of halogens is 1. The van der Waals surface area contributed by atoms with Crippen molar-refractivity contribution in [3.63, 3.8) is 0 Å². The molecule has 8 nitrogen and oxygen atoms in total. The molecule has 0 spiro atoms. The van der Waals surface area contributed by atoms with Gasteiger partial charge in [-0.3, -0.25) is 9.59 Å². The average molecular weight is 415 g/mol. The Labute approximate surface area is 174 Å². The molecule has 2 aliphatic rings. The Balaban J connectivity index is 1.32. The van der Waals surface area contributed by atoms with E-state index in [1.165, 1.54) is 9.58 Å². The average Bonchev–Trinajstić information content (AvgIpc) is 3.50. The highest BCUT2D eigenvalue weighted by Gasteiger charge is 2.36. The fourth-order valence-electron chi connectivity index (χ4n) is 4.04. The number of hydrogen-bond acceptors (Lipinski definition) is 5. The third kappa shape index (κ3) is 4.84. The topological polar surface area (TPSA) is 80.6 Å². The fraction of sp³-hybridized carbons (Fsp3) is 0.524. The monoisotopic (exact) mass is 415 g/mol. The summed E-state index contributed by atoms with van der Waals surface area (Å²) in [6.45, 7) is 2.05. The predicted octanol–water partition coefficient (Wildman–Crippen LogP) is 1.67. The van der Waals surface area contributed by atoms with Gasteiger partial charge in [0.15, 0.2) is 5.69 Å². The zero-order valence-corrected chi connectivity index (χ0v) is 16.8. The van der Waals surface area contributed by atoms with Crippen molar-refractivity contribution in [1.82, 2.24) is 24.8 Å². The van der Waals surface area contributed by atoms with Gasteiger partial charge in [0.25, 0.3) is 5.91 Å². The van der Waals surface area contributed by atoms with Gasteiger partial charge in [0.1, 0.15) is 12.8 Å². The lowest BCUT2D eigenvalue weighted by Crippen LogP contribution is -2.40. The zero-order valence-electron chi connectivity index (χ0n) is 16.8. The molecule has 0 bridgehead atoms. The Morgan fingerprint density at radius 2 is 1.93 bits per heavy atom. The van der Waals surface area contributed by atoms with Crippen LogP contribution >= 0.6 is 0 Å². The molecule has 1 aromatic carbocycles. The minimum Gasteiger partial charge on any atom is -0.367 e. The largest absolute Gasteiger partial charge is 0.367 e. The molecular weight excluding hydrogens is 389 g/mol. The van der Waals surface area contributed by atoms with Crippen molar-refractivity contribution in [3.8, 4) is 0 Å². The lowest BCUT2D eigenvalue weighted by Gasteiger charge is -2.24. The van der Waals surface area contributed by atoms with Crippen LogP contribution in [0.4, 0.5) is 4.39 Å². The molecule has 0 saturated carbocycles. The van der Waals surface area contributed by atoms with Crippen molar-refractivity contribution in [2.24, 2.45) is 0 Å². The first-order valence-electron chi connectivity index (χ1n) is 10.3. The smallest absolute Gasteiger partial charge is 0.276 e. The second kappa shape index (κ2) is 9.34. The summed E-state index contributed by atoms with van der Waals surface area (Å²) in [5.41, 5.74) is 1.26. The summed E-state index contributed by atoms with van der Waals surface area (Å²) < 4.78 is 21.1. The van der Waals surface area contributed by atoms with Gasteiger partial charge in [0.2, 0.25) is 5.91 Å². The third-order valence-electron chi connectivity index (χ3n) is 5.57. The number of alkyl halides is 1. The van der Waals surface area contributed by atoms with E-state index in [1.54, 1.807) is 11.1 Å². The number of carbonyl (C=O) groups excluding carboxylic acids is 2. The molecule has 4 rings (SSSR count). The van der Waals surface area contributed by atoms with Gasteiger partial charge in [-0.15, -0.1) is 5.10 Å². The minimum atomic E-state index is -1.08. The molecule has 0 N–H and O–H groups in total. The summed E-state index contributed by atoms with van der Waals surface area (Å²) in [6.07, 6.45) is 2.75. The summed E-state index contributed by atoms with van der Waals surface area (Å²) in [4.78, 5) is 28.3. The Hall–Kier alpha value is -2.81. The van der Waals surface area contributed by atoms with Crippen molar-refractivity contribution in [2.45, 2.75) is 44.6 Å². The van der Waals surface area contributed by atoms with Gasteiger partial charge < -0.3 is 14.5 Å². The first-order chi connectivity index (χ1) is 14.6. The zero-order chi connectivity index (χ0) is 20.9. The maximum absolute atomic E-state index is 14.1. The van der Waals surface area contributed by atoms with Crippen molar-refractivity contribution in [3.05, 3.63) is 47.8 Å². The summed E-state index contributed by atoms with van der Waals surface area (Å²) in [5, 5.41) is 8.00. The van der Waals surface area contributed by atoms with E-state index in [0.29, 0.717) is 13.2 Å². The molecule has 160 valence electrons. The molecule has 0 radical (unpaired) electrons. The van der Waals surface area contributed by atoms with Crippen molar-refractivity contribution in [1.29, 1.82) is 0 Å². The second-order valence-electron chi connectivity index (χ2n) is 7.84. The Kier molecular flexibility index (Phi) is 6.37. The van der Waals surface area contributed by atoms with E-state index in [0.717, 1.165) is 31.5 Å². The summed E-state index contributed by atoms with van der Waals surface area (Å²) in [7, 11) is 0. The van der Waals surface area contributed by atoms with Crippen LogP contribution in [0.25, 0.3) is 0 Å². The molecule has 2 aromatic rings. The molecular formula is C21H26FN5O3. The summed E-state index contributed by atoms with van der Waals surface area (Å²) in [5.74, 6) is -0.375. The molecule has 3 heterocycles. The van der Waals surface area contributed by atoms with Crippen LogP contribution in [-0.4, -0.2) is 75.1 Å². The molecule has 30 heavy (non-hydrogen) atoms. The van der Waals surface area contributed by atoms with Gasteiger partial charge in [0, 0.05) is 19.5 Å². The fourth-order valence-corrected chi connectivity index (χ4v) is 4.04. The van der Waals surface area contributed by atoms with E-state index >= 15 is 0 Å². The lowest BCUT2D eigenvalue weighted by molar-refractivity contribution is -0.137.